The zero-order chi connectivity index (χ0) is 13.5. The predicted molar refractivity (Wildman–Crippen MR) is 80.9 cm³/mol. The van der Waals surface area contributed by atoms with E-state index in [1.165, 1.54) is 32.1 Å². The molecule has 1 aliphatic carbocycles. The molecule has 116 valence electrons. The Balaban J connectivity index is 0.00000200. The molecule has 0 aromatic rings. The molecule has 2 N–H and O–H groups in total. The van der Waals surface area contributed by atoms with Gasteiger partial charge in [-0.15, -0.1) is 12.4 Å². The van der Waals surface area contributed by atoms with Crippen molar-refractivity contribution in [1.29, 1.82) is 0 Å². The fraction of sp³-hybridized carbons (Fsp3) is 0.857. The number of hydrogen-bond donors (Lipinski definition) is 2. The van der Waals surface area contributed by atoms with Crippen molar-refractivity contribution >= 4 is 24.2 Å². The third-order valence-corrected chi connectivity index (χ3v) is 4.11. The summed E-state index contributed by atoms with van der Waals surface area (Å²) in [6.07, 6.45) is 6.72. The molecule has 0 spiro atoms. The molecule has 0 atom stereocenters. The first-order valence-corrected chi connectivity index (χ1v) is 7.51. The summed E-state index contributed by atoms with van der Waals surface area (Å²) in [6.45, 7) is 3.35. The van der Waals surface area contributed by atoms with E-state index in [1.807, 2.05) is 4.90 Å². The fourth-order valence-electron chi connectivity index (χ4n) is 2.93. The van der Waals surface area contributed by atoms with Gasteiger partial charge in [0.25, 0.3) is 0 Å². The van der Waals surface area contributed by atoms with Crippen LogP contribution in [-0.4, -0.2) is 49.4 Å². The lowest BCUT2D eigenvalue weighted by Gasteiger charge is -2.27. The lowest BCUT2D eigenvalue weighted by Crippen LogP contribution is -2.49. The summed E-state index contributed by atoms with van der Waals surface area (Å²) < 4.78 is 0. The van der Waals surface area contributed by atoms with Crippen LogP contribution in [0.2, 0.25) is 0 Å². The van der Waals surface area contributed by atoms with E-state index in [0.717, 1.165) is 26.2 Å². The number of piperazine rings is 1. The number of amides is 2. The van der Waals surface area contributed by atoms with E-state index in [1.54, 1.807) is 0 Å². The molecule has 2 aliphatic rings. The first-order valence-electron chi connectivity index (χ1n) is 7.51. The largest absolute Gasteiger partial charge is 0.347 e. The van der Waals surface area contributed by atoms with Gasteiger partial charge in [-0.1, -0.05) is 19.3 Å². The average Bonchev–Trinajstić information content (AvgIpc) is 2.47. The van der Waals surface area contributed by atoms with E-state index in [2.05, 4.69) is 10.6 Å². The minimum absolute atomic E-state index is 0. The van der Waals surface area contributed by atoms with E-state index in [4.69, 9.17) is 0 Å². The van der Waals surface area contributed by atoms with Crippen molar-refractivity contribution in [2.24, 2.45) is 5.92 Å². The number of carbonyl (C=O) groups excluding carboxylic acids is 2. The Morgan fingerprint density at radius 2 is 1.75 bits per heavy atom. The van der Waals surface area contributed by atoms with Crippen molar-refractivity contribution in [3.8, 4) is 0 Å². The van der Waals surface area contributed by atoms with Gasteiger partial charge in [-0.05, 0) is 18.8 Å². The number of halogens is 1. The van der Waals surface area contributed by atoms with Gasteiger partial charge in [0.1, 0.15) is 0 Å². The van der Waals surface area contributed by atoms with Crippen LogP contribution in [0.4, 0.5) is 0 Å². The summed E-state index contributed by atoms with van der Waals surface area (Å²) in [6, 6.07) is 0. The maximum absolute atomic E-state index is 11.9. The van der Waals surface area contributed by atoms with Gasteiger partial charge >= 0.3 is 0 Å². The fourth-order valence-corrected chi connectivity index (χ4v) is 2.93. The van der Waals surface area contributed by atoms with Crippen LogP contribution in [-0.2, 0) is 9.59 Å². The SMILES string of the molecule is Cl.O=C(CC1CCCCC1)NCC(=O)N1CCNCC1. The molecule has 5 nitrogen and oxygen atoms in total. The lowest BCUT2D eigenvalue weighted by molar-refractivity contribution is -0.133. The molecule has 2 fully saturated rings. The Morgan fingerprint density at radius 1 is 1.10 bits per heavy atom. The Hall–Kier alpha value is -0.810. The summed E-state index contributed by atoms with van der Waals surface area (Å²) in [4.78, 5) is 25.5. The number of nitrogens with one attached hydrogen (secondary N) is 2. The Labute approximate surface area is 127 Å². The molecule has 6 heteroatoms. The Bertz CT molecular complexity index is 314. The second-order valence-electron chi connectivity index (χ2n) is 5.62. The highest BCUT2D eigenvalue weighted by molar-refractivity contribution is 5.85. The standard InChI is InChI=1S/C14H25N3O2.ClH/c18-13(10-12-4-2-1-3-5-12)16-11-14(19)17-8-6-15-7-9-17;/h12,15H,1-11H2,(H,16,18);1H. The van der Waals surface area contributed by atoms with Crippen LogP contribution in [0.15, 0.2) is 0 Å². The molecule has 2 rings (SSSR count). The highest BCUT2D eigenvalue weighted by atomic mass is 35.5. The van der Waals surface area contributed by atoms with E-state index in [-0.39, 0.29) is 30.8 Å². The summed E-state index contributed by atoms with van der Waals surface area (Å²) in [7, 11) is 0. The number of carbonyl (C=O) groups is 2. The average molecular weight is 304 g/mol. The second kappa shape index (κ2) is 9.19. The molecule has 20 heavy (non-hydrogen) atoms. The lowest BCUT2D eigenvalue weighted by atomic mass is 9.87. The Morgan fingerprint density at radius 3 is 2.40 bits per heavy atom. The van der Waals surface area contributed by atoms with Gasteiger partial charge in [0.2, 0.25) is 11.8 Å². The van der Waals surface area contributed by atoms with Gasteiger partial charge < -0.3 is 15.5 Å². The van der Waals surface area contributed by atoms with Crippen molar-refractivity contribution in [3.05, 3.63) is 0 Å². The molecular weight excluding hydrogens is 278 g/mol. The maximum Gasteiger partial charge on any atom is 0.242 e. The van der Waals surface area contributed by atoms with Gasteiger partial charge in [0.05, 0.1) is 6.54 Å². The smallest absolute Gasteiger partial charge is 0.242 e. The van der Waals surface area contributed by atoms with E-state index in [0.29, 0.717) is 12.3 Å². The minimum Gasteiger partial charge on any atom is -0.347 e. The molecular formula is C14H26ClN3O2. The summed E-state index contributed by atoms with van der Waals surface area (Å²) in [5, 5.41) is 5.98. The van der Waals surface area contributed by atoms with Crippen LogP contribution >= 0.6 is 12.4 Å². The predicted octanol–water partition coefficient (Wildman–Crippen LogP) is 0.927. The van der Waals surface area contributed by atoms with Gasteiger partial charge in [-0.2, -0.15) is 0 Å². The third-order valence-electron chi connectivity index (χ3n) is 4.11. The molecule has 0 radical (unpaired) electrons. The highest BCUT2D eigenvalue weighted by Crippen LogP contribution is 2.25. The molecule has 1 aliphatic heterocycles. The van der Waals surface area contributed by atoms with Crippen LogP contribution in [0.1, 0.15) is 38.5 Å². The summed E-state index contributed by atoms with van der Waals surface area (Å²) in [5.41, 5.74) is 0. The van der Waals surface area contributed by atoms with Gasteiger partial charge in [0, 0.05) is 32.6 Å². The molecule has 0 aromatic carbocycles. The summed E-state index contributed by atoms with van der Waals surface area (Å²) >= 11 is 0. The van der Waals surface area contributed by atoms with Crippen LogP contribution < -0.4 is 10.6 Å². The molecule has 1 saturated carbocycles. The second-order valence-corrected chi connectivity index (χ2v) is 5.62. The zero-order valence-electron chi connectivity index (χ0n) is 12.0. The first-order chi connectivity index (χ1) is 9.25. The maximum atomic E-state index is 11.9. The normalized spacial score (nSPS) is 20.1. The van der Waals surface area contributed by atoms with E-state index in [9.17, 15) is 9.59 Å². The quantitative estimate of drug-likeness (QED) is 0.812. The minimum atomic E-state index is 0. The molecule has 0 bridgehead atoms. The Kier molecular flexibility index (Phi) is 7.92. The number of nitrogens with zero attached hydrogens (tertiary/aromatic N) is 1. The third kappa shape index (κ3) is 5.67. The van der Waals surface area contributed by atoms with Crippen molar-refractivity contribution in [2.75, 3.05) is 32.7 Å². The topological polar surface area (TPSA) is 61.4 Å². The van der Waals surface area contributed by atoms with Crippen molar-refractivity contribution < 1.29 is 9.59 Å². The number of hydrogen-bond acceptors (Lipinski definition) is 3. The highest BCUT2D eigenvalue weighted by Gasteiger charge is 2.19. The van der Waals surface area contributed by atoms with E-state index < -0.39 is 0 Å². The van der Waals surface area contributed by atoms with Crippen molar-refractivity contribution in [3.63, 3.8) is 0 Å². The number of rotatable bonds is 4. The van der Waals surface area contributed by atoms with Crippen molar-refractivity contribution in [1.82, 2.24) is 15.5 Å². The molecule has 1 heterocycles. The van der Waals surface area contributed by atoms with Crippen molar-refractivity contribution in [2.45, 2.75) is 38.5 Å². The van der Waals surface area contributed by atoms with Gasteiger partial charge in [-0.3, -0.25) is 9.59 Å². The van der Waals surface area contributed by atoms with Crippen LogP contribution in [0.25, 0.3) is 0 Å². The van der Waals surface area contributed by atoms with Crippen LogP contribution in [0.5, 0.6) is 0 Å². The monoisotopic (exact) mass is 303 g/mol. The van der Waals surface area contributed by atoms with E-state index >= 15 is 0 Å². The molecule has 0 unspecified atom stereocenters. The van der Waals surface area contributed by atoms with Crippen LogP contribution in [0, 0.1) is 5.92 Å². The van der Waals surface area contributed by atoms with Gasteiger partial charge in [-0.25, -0.2) is 0 Å². The zero-order valence-corrected chi connectivity index (χ0v) is 12.8. The van der Waals surface area contributed by atoms with Crippen LogP contribution in [0.3, 0.4) is 0 Å². The molecule has 1 saturated heterocycles. The molecule has 2 amide bonds. The first kappa shape index (κ1) is 17.2. The van der Waals surface area contributed by atoms with Gasteiger partial charge in [0.15, 0.2) is 0 Å². The summed E-state index contributed by atoms with van der Waals surface area (Å²) in [5.74, 6) is 0.608. The molecule has 0 aromatic heterocycles.